The summed E-state index contributed by atoms with van der Waals surface area (Å²) < 4.78 is 7.52. The fourth-order valence-electron chi connectivity index (χ4n) is 3.54. The van der Waals surface area contributed by atoms with Crippen LogP contribution in [0.1, 0.15) is 49.0 Å². The molecule has 1 aliphatic heterocycles. The molecule has 1 aliphatic rings. The Morgan fingerprint density at radius 3 is 3.00 bits per heavy atom. The van der Waals surface area contributed by atoms with Gasteiger partial charge < -0.3 is 4.74 Å². The predicted molar refractivity (Wildman–Crippen MR) is 92.6 cm³/mol. The van der Waals surface area contributed by atoms with E-state index in [0.717, 1.165) is 31.8 Å². The highest BCUT2D eigenvalue weighted by atomic mass is 16.5. The minimum atomic E-state index is 0.485. The smallest absolute Gasteiger partial charge is 0.119 e. The lowest BCUT2D eigenvalue weighted by Gasteiger charge is -2.25. The first-order valence-corrected chi connectivity index (χ1v) is 8.62. The first kappa shape index (κ1) is 16.1. The number of rotatable bonds is 6. The second kappa shape index (κ2) is 7.18. The first-order valence-electron chi connectivity index (χ1n) is 8.62. The van der Waals surface area contributed by atoms with Crippen LogP contribution < -0.4 is 4.74 Å². The molecule has 2 aromatic rings. The molecular weight excluding hydrogens is 286 g/mol. The predicted octanol–water partition coefficient (Wildman–Crippen LogP) is 3.95. The van der Waals surface area contributed by atoms with Gasteiger partial charge in [0.2, 0.25) is 0 Å². The van der Waals surface area contributed by atoms with Crippen molar-refractivity contribution in [2.45, 2.75) is 52.2 Å². The molecule has 1 fully saturated rings. The molecule has 1 aromatic carbocycles. The van der Waals surface area contributed by atoms with Gasteiger partial charge in [0, 0.05) is 30.4 Å². The van der Waals surface area contributed by atoms with Crippen LogP contribution >= 0.6 is 0 Å². The topological polar surface area (TPSA) is 30.3 Å². The normalized spacial score (nSPS) is 18.5. The van der Waals surface area contributed by atoms with E-state index in [0.29, 0.717) is 6.04 Å². The summed E-state index contributed by atoms with van der Waals surface area (Å²) >= 11 is 0. The highest BCUT2D eigenvalue weighted by Gasteiger charge is 2.27. The van der Waals surface area contributed by atoms with Gasteiger partial charge in [0.1, 0.15) is 5.75 Å². The van der Waals surface area contributed by atoms with Crippen molar-refractivity contribution < 1.29 is 4.74 Å². The van der Waals surface area contributed by atoms with E-state index in [1.165, 1.54) is 29.7 Å². The summed E-state index contributed by atoms with van der Waals surface area (Å²) in [6.45, 7) is 7.53. The molecule has 2 heterocycles. The van der Waals surface area contributed by atoms with Gasteiger partial charge in [-0.3, -0.25) is 9.58 Å². The number of hydrogen-bond acceptors (Lipinski definition) is 3. The van der Waals surface area contributed by atoms with Gasteiger partial charge in [-0.15, -0.1) is 0 Å². The number of ether oxygens (including phenoxy) is 1. The molecule has 1 aromatic heterocycles. The standard InChI is InChI=1S/C19H27N3O/c1-4-10-22-15(2)17(13-20-22)14-21-11-6-9-19(21)16-7-5-8-18(12-16)23-3/h5,7-8,12-13,19H,4,6,9-11,14H2,1-3H3/t19-/m0/s1. The number of benzene rings is 1. The Kier molecular flexibility index (Phi) is 5.01. The van der Waals surface area contributed by atoms with Gasteiger partial charge in [0.25, 0.3) is 0 Å². The summed E-state index contributed by atoms with van der Waals surface area (Å²) in [5, 5.41) is 4.54. The van der Waals surface area contributed by atoms with Crippen LogP contribution in [0.5, 0.6) is 5.75 Å². The molecule has 1 atom stereocenters. The molecule has 124 valence electrons. The molecule has 0 spiro atoms. The van der Waals surface area contributed by atoms with Crippen LogP contribution in [0.15, 0.2) is 30.5 Å². The van der Waals surface area contributed by atoms with Gasteiger partial charge in [-0.2, -0.15) is 5.10 Å². The molecule has 4 heteroatoms. The van der Waals surface area contributed by atoms with Crippen molar-refractivity contribution in [3.63, 3.8) is 0 Å². The van der Waals surface area contributed by atoms with Crippen LogP contribution in [0.25, 0.3) is 0 Å². The van der Waals surface area contributed by atoms with Gasteiger partial charge in [-0.05, 0) is 50.4 Å². The SMILES string of the molecule is CCCn1ncc(CN2CCC[C@H]2c2cccc(OC)c2)c1C. The van der Waals surface area contributed by atoms with E-state index in [-0.39, 0.29) is 0 Å². The third kappa shape index (κ3) is 3.42. The average molecular weight is 313 g/mol. The van der Waals surface area contributed by atoms with Crippen LogP contribution in [0.2, 0.25) is 0 Å². The number of methoxy groups -OCH3 is 1. The Labute approximate surface area is 139 Å². The number of aromatic nitrogens is 2. The summed E-state index contributed by atoms with van der Waals surface area (Å²) in [7, 11) is 1.73. The Balaban J connectivity index is 1.76. The highest BCUT2D eigenvalue weighted by Crippen LogP contribution is 2.34. The lowest BCUT2D eigenvalue weighted by Crippen LogP contribution is -2.23. The molecule has 0 saturated carbocycles. The number of aryl methyl sites for hydroxylation is 1. The maximum absolute atomic E-state index is 5.39. The van der Waals surface area contributed by atoms with Crippen LogP contribution in [0.4, 0.5) is 0 Å². The summed E-state index contributed by atoms with van der Waals surface area (Å²) in [6.07, 6.45) is 5.64. The molecular formula is C19H27N3O. The summed E-state index contributed by atoms with van der Waals surface area (Å²) in [5.74, 6) is 0.946. The minimum Gasteiger partial charge on any atom is -0.497 e. The molecule has 1 saturated heterocycles. The van der Waals surface area contributed by atoms with Crippen molar-refractivity contribution in [3.8, 4) is 5.75 Å². The molecule has 0 bridgehead atoms. The zero-order valence-corrected chi connectivity index (χ0v) is 14.5. The molecule has 0 N–H and O–H groups in total. The molecule has 0 radical (unpaired) electrons. The van der Waals surface area contributed by atoms with Gasteiger partial charge in [0.15, 0.2) is 0 Å². The molecule has 3 rings (SSSR count). The van der Waals surface area contributed by atoms with E-state index in [2.05, 4.69) is 46.7 Å². The van der Waals surface area contributed by atoms with Crippen molar-refractivity contribution >= 4 is 0 Å². The Hall–Kier alpha value is -1.81. The van der Waals surface area contributed by atoms with E-state index in [4.69, 9.17) is 4.74 Å². The quantitative estimate of drug-likeness (QED) is 0.809. The zero-order chi connectivity index (χ0) is 16.2. The van der Waals surface area contributed by atoms with E-state index in [9.17, 15) is 0 Å². The summed E-state index contributed by atoms with van der Waals surface area (Å²) in [5.41, 5.74) is 4.02. The Morgan fingerprint density at radius 2 is 2.22 bits per heavy atom. The minimum absolute atomic E-state index is 0.485. The third-order valence-electron chi connectivity index (χ3n) is 4.86. The largest absolute Gasteiger partial charge is 0.497 e. The van der Waals surface area contributed by atoms with E-state index < -0.39 is 0 Å². The van der Waals surface area contributed by atoms with Crippen LogP contribution in [-0.4, -0.2) is 28.3 Å². The molecule has 0 amide bonds. The third-order valence-corrected chi connectivity index (χ3v) is 4.86. The lowest BCUT2D eigenvalue weighted by molar-refractivity contribution is 0.247. The number of nitrogens with zero attached hydrogens (tertiary/aromatic N) is 3. The number of likely N-dealkylation sites (tertiary alicyclic amines) is 1. The summed E-state index contributed by atoms with van der Waals surface area (Å²) in [6, 6.07) is 8.99. The van der Waals surface area contributed by atoms with Crippen molar-refractivity contribution in [2.75, 3.05) is 13.7 Å². The van der Waals surface area contributed by atoms with Crippen molar-refractivity contribution in [1.29, 1.82) is 0 Å². The maximum Gasteiger partial charge on any atom is 0.119 e. The lowest BCUT2D eigenvalue weighted by atomic mass is 10.0. The second-order valence-corrected chi connectivity index (χ2v) is 6.38. The molecule has 0 aliphatic carbocycles. The van der Waals surface area contributed by atoms with E-state index in [1.807, 2.05) is 12.3 Å². The maximum atomic E-state index is 5.39. The van der Waals surface area contributed by atoms with Crippen molar-refractivity contribution in [2.24, 2.45) is 0 Å². The van der Waals surface area contributed by atoms with Gasteiger partial charge in [-0.25, -0.2) is 0 Å². The monoisotopic (exact) mass is 313 g/mol. The van der Waals surface area contributed by atoms with Gasteiger partial charge in [0.05, 0.1) is 13.3 Å². The van der Waals surface area contributed by atoms with Crippen LogP contribution in [-0.2, 0) is 13.1 Å². The van der Waals surface area contributed by atoms with E-state index >= 15 is 0 Å². The Morgan fingerprint density at radius 1 is 1.35 bits per heavy atom. The fraction of sp³-hybridized carbons (Fsp3) is 0.526. The molecule has 0 unspecified atom stereocenters. The van der Waals surface area contributed by atoms with Crippen molar-refractivity contribution in [1.82, 2.24) is 14.7 Å². The zero-order valence-electron chi connectivity index (χ0n) is 14.5. The van der Waals surface area contributed by atoms with Crippen molar-refractivity contribution in [3.05, 3.63) is 47.3 Å². The molecule has 4 nitrogen and oxygen atoms in total. The van der Waals surface area contributed by atoms with Crippen LogP contribution in [0, 0.1) is 6.92 Å². The van der Waals surface area contributed by atoms with Gasteiger partial charge >= 0.3 is 0 Å². The summed E-state index contributed by atoms with van der Waals surface area (Å²) in [4.78, 5) is 2.58. The first-order chi connectivity index (χ1) is 11.2. The number of hydrogen-bond donors (Lipinski definition) is 0. The second-order valence-electron chi connectivity index (χ2n) is 6.38. The van der Waals surface area contributed by atoms with E-state index in [1.54, 1.807) is 7.11 Å². The van der Waals surface area contributed by atoms with Gasteiger partial charge in [-0.1, -0.05) is 19.1 Å². The molecule has 23 heavy (non-hydrogen) atoms. The Bertz CT molecular complexity index is 650. The van der Waals surface area contributed by atoms with Crippen LogP contribution in [0.3, 0.4) is 0 Å². The average Bonchev–Trinajstić information content (AvgIpc) is 3.17. The fourth-order valence-corrected chi connectivity index (χ4v) is 3.54. The highest BCUT2D eigenvalue weighted by molar-refractivity contribution is 5.31.